The van der Waals surface area contributed by atoms with Crippen LogP contribution in [0.4, 0.5) is 0 Å². The number of benzene rings is 9. The summed E-state index contributed by atoms with van der Waals surface area (Å²) in [6.45, 7) is 0. The Morgan fingerprint density at radius 2 is 0.724 bits per heavy atom. The first-order valence-corrected chi connectivity index (χ1v) is 19.7. The summed E-state index contributed by atoms with van der Waals surface area (Å²) in [5, 5.41) is 9.34. The minimum absolute atomic E-state index is 0.890. The summed E-state index contributed by atoms with van der Waals surface area (Å²) < 4.78 is 17.3. The molecular formula is C54H32N2O2. The first-order valence-electron chi connectivity index (χ1n) is 19.7. The van der Waals surface area contributed by atoms with E-state index < -0.39 is 0 Å². The van der Waals surface area contributed by atoms with E-state index in [9.17, 15) is 0 Å². The molecule has 0 fully saturated rings. The lowest BCUT2D eigenvalue weighted by Crippen LogP contribution is -1.95. The van der Waals surface area contributed by atoms with Crippen LogP contribution in [0.25, 0.3) is 121 Å². The van der Waals surface area contributed by atoms with Gasteiger partial charge in [0.15, 0.2) is 0 Å². The van der Waals surface area contributed by atoms with Crippen LogP contribution < -0.4 is 0 Å². The molecule has 4 nitrogen and oxygen atoms in total. The SMILES string of the molecule is c1ccc(-c2cc3c4ccccc4n(-c4ccc5oc6ccccc6c5c4)c3cc2-c2ccc3c4ccccc4n(-c4ccc5oc6ccccc6c5c4)c3c2)cc1. The fourth-order valence-electron chi connectivity index (χ4n) is 9.51. The minimum Gasteiger partial charge on any atom is -0.456 e. The summed E-state index contributed by atoms with van der Waals surface area (Å²) in [6, 6.07) is 69.9. The molecular weight excluding hydrogens is 709 g/mol. The van der Waals surface area contributed by atoms with E-state index in [0.29, 0.717) is 0 Å². The van der Waals surface area contributed by atoms with Gasteiger partial charge in [0.2, 0.25) is 0 Å². The van der Waals surface area contributed by atoms with Crippen LogP contribution in [0.1, 0.15) is 0 Å². The van der Waals surface area contributed by atoms with Gasteiger partial charge in [-0.15, -0.1) is 0 Å². The van der Waals surface area contributed by atoms with Gasteiger partial charge in [-0.05, 0) is 101 Å². The second-order valence-electron chi connectivity index (χ2n) is 15.3. The van der Waals surface area contributed by atoms with Crippen LogP contribution in [0.15, 0.2) is 203 Å². The number of fused-ring (bicyclic) bond motifs is 12. The molecule has 13 rings (SSSR count). The van der Waals surface area contributed by atoms with Crippen molar-refractivity contribution in [1.82, 2.24) is 9.13 Å². The molecule has 0 radical (unpaired) electrons. The molecule has 0 aliphatic rings. The molecule has 0 spiro atoms. The smallest absolute Gasteiger partial charge is 0.135 e. The Balaban J connectivity index is 1.10. The van der Waals surface area contributed by atoms with Crippen molar-refractivity contribution < 1.29 is 8.83 Å². The highest BCUT2D eigenvalue weighted by molar-refractivity contribution is 6.15. The van der Waals surface area contributed by atoms with Crippen molar-refractivity contribution in [3.05, 3.63) is 194 Å². The molecule has 0 amide bonds. The number of hydrogen-bond acceptors (Lipinski definition) is 2. The van der Waals surface area contributed by atoms with Crippen molar-refractivity contribution in [2.24, 2.45) is 0 Å². The van der Waals surface area contributed by atoms with Gasteiger partial charge in [0.1, 0.15) is 22.3 Å². The summed E-state index contributed by atoms with van der Waals surface area (Å²) >= 11 is 0. The standard InChI is InChI=1S/C54H32N2O2/c1-2-12-33(13-3-1)42-31-44-38-15-5-9-19-48(38)56(36-24-27-54-46(30-36)41-17-7-11-21-52(41)58-54)50(44)32-43(42)34-22-25-39-37-14-4-8-18-47(37)55(49(39)28-34)35-23-26-53-45(29-35)40-16-6-10-20-51(40)57-53/h1-32H. The lowest BCUT2D eigenvalue weighted by atomic mass is 9.92. The maximum Gasteiger partial charge on any atom is 0.135 e. The summed E-state index contributed by atoms with van der Waals surface area (Å²) in [4.78, 5) is 0. The molecule has 0 atom stereocenters. The molecule has 4 aromatic heterocycles. The van der Waals surface area contributed by atoms with Gasteiger partial charge in [0, 0.05) is 54.5 Å². The molecule has 0 N–H and O–H groups in total. The molecule has 0 saturated heterocycles. The lowest BCUT2D eigenvalue weighted by Gasteiger charge is -2.15. The molecule has 58 heavy (non-hydrogen) atoms. The van der Waals surface area contributed by atoms with Gasteiger partial charge in [-0.25, -0.2) is 0 Å². The molecule has 270 valence electrons. The van der Waals surface area contributed by atoms with Crippen molar-refractivity contribution in [3.63, 3.8) is 0 Å². The topological polar surface area (TPSA) is 36.1 Å². The highest BCUT2D eigenvalue weighted by Gasteiger charge is 2.21. The maximum absolute atomic E-state index is 6.26. The quantitative estimate of drug-likeness (QED) is 0.180. The van der Waals surface area contributed by atoms with E-state index in [-0.39, 0.29) is 0 Å². The van der Waals surface area contributed by atoms with Crippen molar-refractivity contribution in [3.8, 4) is 33.6 Å². The van der Waals surface area contributed by atoms with E-state index >= 15 is 0 Å². The van der Waals surface area contributed by atoms with Gasteiger partial charge < -0.3 is 18.0 Å². The van der Waals surface area contributed by atoms with Crippen LogP contribution in [0.2, 0.25) is 0 Å². The van der Waals surface area contributed by atoms with E-state index in [1.807, 2.05) is 24.3 Å². The van der Waals surface area contributed by atoms with Crippen LogP contribution in [-0.4, -0.2) is 9.13 Å². The highest BCUT2D eigenvalue weighted by Crippen LogP contribution is 2.44. The largest absolute Gasteiger partial charge is 0.456 e. The van der Waals surface area contributed by atoms with Gasteiger partial charge in [0.25, 0.3) is 0 Å². The van der Waals surface area contributed by atoms with E-state index in [0.717, 1.165) is 71.8 Å². The Morgan fingerprint density at radius 3 is 1.34 bits per heavy atom. The summed E-state index contributed by atoms with van der Waals surface area (Å²) in [6.07, 6.45) is 0. The number of hydrogen-bond donors (Lipinski definition) is 0. The zero-order valence-corrected chi connectivity index (χ0v) is 31.2. The Hall–Kier alpha value is -7.82. The predicted molar refractivity (Wildman–Crippen MR) is 241 cm³/mol. The van der Waals surface area contributed by atoms with E-state index in [2.05, 4.69) is 179 Å². The fraction of sp³-hybridized carbons (Fsp3) is 0. The minimum atomic E-state index is 0.890. The maximum atomic E-state index is 6.26. The van der Waals surface area contributed by atoms with Crippen LogP contribution in [0.5, 0.6) is 0 Å². The van der Waals surface area contributed by atoms with Gasteiger partial charge in [0.05, 0.1) is 22.1 Å². The second-order valence-corrected chi connectivity index (χ2v) is 15.3. The Kier molecular flexibility index (Phi) is 6.41. The third kappa shape index (κ3) is 4.45. The number of nitrogens with zero attached hydrogens (tertiary/aromatic N) is 2. The molecule has 0 bridgehead atoms. The second kappa shape index (κ2) is 11.8. The molecule has 9 aromatic carbocycles. The molecule has 4 heterocycles. The van der Waals surface area contributed by atoms with Crippen molar-refractivity contribution >= 4 is 87.5 Å². The summed E-state index contributed by atoms with van der Waals surface area (Å²) in [5.74, 6) is 0. The van der Waals surface area contributed by atoms with E-state index in [1.54, 1.807) is 0 Å². The Labute approximate surface area is 332 Å². The van der Waals surface area contributed by atoms with E-state index in [4.69, 9.17) is 8.83 Å². The average molecular weight is 741 g/mol. The number of aromatic nitrogens is 2. The number of rotatable bonds is 4. The van der Waals surface area contributed by atoms with Crippen molar-refractivity contribution in [1.29, 1.82) is 0 Å². The first kappa shape index (κ1) is 31.4. The monoisotopic (exact) mass is 740 g/mol. The zero-order chi connectivity index (χ0) is 37.9. The van der Waals surface area contributed by atoms with Crippen molar-refractivity contribution in [2.75, 3.05) is 0 Å². The van der Waals surface area contributed by atoms with Gasteiger partial charge in [-0.2, -0.15) is 0 Å². The molecule has 0 aliphatic heterocycles. The highest BCUT2D eigenvalue weighted by atomic mass is 16.3. The molecule has 4 heteroatoms. The van der Waals surface area contributed by atoms with Crippen molar-refractivity contribution in [2.45, 2.75) is 0 Å². The predicted octanol–water partition coefficient (Wildman–Crippen LogP) is 15.0. The van der Waals surface area contributed by atoms with Gasteiger partial charge >= 0.3 is 0 Å². The Morgan fingerprint density at radius 1 is 0.259 bits per heavy atom. The summed E-state index contributed by atoms with van der Waals surface area (Å²) in [5.41, 5.74) is 15.1. The third-order valence-electron chi connectivity index (χ3n) is 12.1. The van der Waals surface area contributed by atoms with Gasteiger partial charge in [-0.3, -0.25) is 0 Å². The normalized spacial score (nSPS) is 12.1. The van der Waals surface area contributed by atoms with Gasteiger partial charge in [-0.1, -0.05) is 115 Å². The molecule has 0 unspecified atom stereocenters. The molecule has 0 saturated carbocycles. The molecule has 0 aliphatic carbocycles. The van der Waals surface area contributed by atoms with Crippen LogP contribution >= 0.6 is 0 Å². The number of furan rings is 2. The van der Waals surface area contributed by atoms with E-state index in [1.165, 1.54) is 49.3 Å². The fourth-order valence-corrected chi connectivity index (χ4v) is 9.51. The average Bonchev–Trinajstić information content (AvgIpc) is 4.03. The van der Waals surface area contributed by atoms with Crippen LogP contribution in [0, 0.1) is 0 Å². The summed E-state index contributed by atoms with van der Waals surface area (Å²) in [7, 11) is 0. The third-order valence-corrected chi connectivity index (χ3v) is 12.1. The lowest BCUT2D eigenvalue weighted by molar-refractivity contribution is 0.668. The van der Waals surface area contributed by atoms with Crippen LogP contribution in [-0.2, 0) is 0 Å². The first-order chi connectivity index (χ1) is 28.7. The van der Waals surface area contributed by atoms with Crippen LogP contribution in [0.3, 0.4) is 0 Å². The molecule has 13 aromatic rings. The zero-order valence-electron chi connectivity index (χ0n) is 31.2. The Bertz CT molecular complexity index is 3800. The number of para-hydroxylation sites is 4.